The number of hydrogen-bond acceptors (Lipinski definition) is 6. The van der Waals surface area contributed by atoms with E-state index in [1.807, 2.05) is 12.1 Å². The zero-order valence-corrected chi connectivity index (χ0v) is 17.5. The van der Waals surface area contributed by atoms with Crippen LogP contribution in [0.3, 0.4) is 0 Å². The minimum Gasteiger partial charge on any atom is -0.505 e. The van der Waals surface area contributed by atoms with E-state index in [2.05, 4.69) is 28.2 Å². The van der Waals surface area contributed by atoms with Gasteiger partial charge >= 0.3 is 0 Å². The van der Waals surface area contributed by atoms with Crippen LogP contribution in [0.2, 0.25) is 0 Å². The standard InChI is InChI=1S/C23H25N5O3/c1-2-27-7-9-28(10-8-27)23(31)17-12-20(29)21(25-14-17)22(30)26-19-6-4-16-11-15(13-24)3-5-18(16)19/h3,5,11-12,14,19,29H,2,4,6-10H2,1H3,(H,26,30). The van der Waals surface area contributed by atoms with Crippen LogP contribution in [-0.4, -0.2) is 64.4 Å². The van der Waals surface area contributed by atoms with E-state index in [9.17, 15) is 14.7 Å². The molecule has 8 heteroatoms. The van der Waals surface area contributed by atoms with Crippen LogP contribution in [0.5, 0.6) is 5.75 Å². The minimum atomic E-state index is -0.490. The molecule has 0 bridgehead atoms. The fourth-order valence-electron chi connectivity index (χ4n) is 4.26. The van der Waals surface area contributed by atoms with Crippen LogP contribution in [-0.2, 0) is 6.42 Å². The van der Waals surface area contributed by atoms with Gasteiger partial charge in [-0.3, -0.25) is 9.59 Å². The predicted octanol–water partition coefficient (Wildman–Crippen LogP) is 1.85. The number of aromatic nitrogens is 1. The number of pyridine rings is 1. The summed E-state index contributed by atoms with van der Waals surface area (Å²) in [5.74, 6) is -0.993. The molecule has 0 radical (unpaired) electrons. The number of aromatic hydroxyl groups is 1. The highest BCUT2D eigenvalue weighted by Crippen LogP contribution is 2.32. The van der Waals surface area contributed by atoms with Crippen LogP contribution in [0, 0.1) is 11.3 Å². The zero-order valence-electron chi connectivity index (χ0n) is 17.5. The molecule has 2 aliphatic rings. The Morgan fingerprint density at radius 3 is 2.71 bits per heavy atom. The maximum atomic E-state index is 12.7. The molecular formula is C23H25N5O3. The number of fused-ring (bicyclic) bond motifs is 1. The van der Waals surface area contributed by atoms with Crippen LogP contribution in [0.1, 0.15) is 56.9 Å². The first-order valence-corrected chi connectivity index (χ1v) is 10.5. The molecule has 31 heavy (non-hydrogen) atoms. The number of piperazine rings is 1. The molecule has 2 amide bonds. The summed E-state index contributed by atoms with van der Waals surface area (Å²) in [6.45, 7) is 5.95. The molecule has 160 valence electrons. The molecule has 2 heterocycles. The Balaban J connectivity index is 1.44. The molecule has 2 aromatic rings. The van der Waals surface area contributed by atoms with Crippen LogP contribution in [0.25, 0.3) is 0 Å². The highest BCUT2D eigenvalue weighted by Gasteiger charge is 2.27. The van der Waals surface area contributed by atoms with Crippen molar-refractivity contribution in [2.45, 2.75) is 25.8 Å². The predicted molar refractivity (Wildman–Crippen MR) is 114 cm³/mol. The van der Waals surface area contributed by atoms with E-state index in [0.717, 1.165) is 43.6 Å². The Morgan fingerprint density at radius 1 is 1.26 bits per heavy atom. The summed E-state index contributed by atoms with van der Waals surface area (Å²) < 4.78 is 0. The first kappa shape index (κ1) is 20.8. The maximum absolute atomic E-state index is 12.7. The average Bonchev–Trinajstić information content (AvgIpc) is 3.20. The lowest BCUT2D eigenvalue weighted by Gasteiger charge is -2.34. The van der Waals surface area contributed by atoms with Crippen molar-refractivity contribution >= 4 is 11.8 Å². The van der Waals surface area contributed by atoms with Gasteiger partial charge in [-0.1, -0.05) is 13.0 Å². The van der Waals surface area contributed by atoms with Crippen molar-refractivity contribution in [2.75, 3.05) is 32.7 Å². The number of nitriles is 1. The third-order valence-electron chi connectivity index (χ3n) is 6.09. The lowest BCUT2D eigenvalue weighted by Crippen LogP contribution is -2.48. The molecule has 1 saturated heterocycles. The summed E-state index contributed by atoms with van der Waals surface area (Å²) in [4.78, 5) is 33.6. The summed E-state index contributed by atoms with van der Waals surface area (Å²) >= 11 is 0. The fourth-order valence-corrected chi connectivity index (χ4v) is 4.26. The van der Waals surface area contributed by atoms with E-state index in [1.165, 1.54) is 12.3 Å². The van der Waals surface area contributed by atoms with E-state index in [4.69, 9.17) is 5.26 Å². The van der Waals surface area contributed by atoms with Crippen molar-refractivity contribution in [2.24, 2.45) is 0 Å². The third-order valence-corrected chi connectivity index (χ3v) is 6.09. The first-order valence-electron chi connectivity index (χ1n) is 10.5. The third kappa shape index (κ3) is 4.23. The number of likely N-dealkylation sites (N-methyl/N-ethyl adjacent to an activating group) is 1. The Hall–Kier alpha value is -3.44. The highest BCUT2D eigenvalue weighted by molar-refractivity contribution is 5.98. The molecule has 1 aliphatic heterocycles. The van der Waals surface area contributed by atoms with Crippen LogP contribution >= 0.6 is 0 Å². The fraction of sp³-hybridized carbons (Fsp3) is 0.391. The second-order valence-corrected chi connectivity index (χ2v) is 7.91. The number of hydrogen-bond donors (Lipinski definition) is 2. The highest BCUT2D eigenvalue weighted by atomic mass is 16.3. The van der Waals surface area contributed by atoms with Gasteiger partial charge in [-0.2, -0.15) is 5.26 Å². The lowest BCUT2D eigenvalue weighted by molar-refractivity contribution is 0.0642. The van der Waals surface area contributed by atoms with Crippen molar-refractivity contribution in [1.29, 1.82) is 5.26 Å². The summed E-state index contributed by atoms with van der Waals surface area (Å²) in [5.41, 5.74) is 2.79. The Bertz CT molecular complexity index is 1050. The number of nitrogens with zero attached hydrogens (tertiary/aromatic N) is 4. The molecule has 1 aliphatic carbocycles. The molecule has 1 fully saturated rings. The van der Waals surface area contributed by atoms with Gasteiger partial charge in [0.05, 0.1) is 23.2 Å². The SMILES string of the molecule is CCN1CCN(C(=O)c2cnc(C(=O)NC3CCc4cc(C#N)ccc43)c(O)c2)CC1. The van der Waals surface area contributed by atoms with Gasteiger partial charge in [-0.05, 0) is 48.7 Å². The molecule has 1 aromatic carbocycles. The van der Waals surface area contributed by atoms with Crippen molar-refractivity contribution in [3.8, 4) is 11.8 Å². The molecule has 0 spiro atoms. The van der Waals surface area contributed by atoms with E-state index in [-0.39, 0.29) is 29.0 Å². The molecule has 1 aromatic heterocycles. The van der Waals surface area contributed by atoms with Crippen molar-refractivity contribution in [1.82, 2.24) is 20.1 Å². The Labute approximate surface area is 181 Å². The van der Waals surface area contributed by atoms with Gasteiger partial charge in [-0.25, -0.2) is 4.98 Å². The number of carbonyl (C=O) groups is 2. The number of benzene rings is 1. The number of carbonyl (C=O) groups excluding carboxylic acids is 2. The summed E-state index contributed by atoms with van der Waals surface area (Å²) in [5, 5.41) is 22.3. The molecule has 1 unspecified atom stereocenters. The van der Waals surface area contributed by atoms with Gasteiger partial charge in [-0.15, -0.1) is 0 Å². The van der Waals surface area contributed by atoms with Gasteiger partial charge in [0.15, 0.2) is 5.69 Å². The van der Waals surface area contributed by atoms with Crippen molar-refractivity contribution in [3.05, 3.63) is 58.4 Å². The van der Waals surface area contributed by atoms with Gasteiger partial charge in [0.25, 0.3) is 11.8 Å². The summed E-state index contributed by atoms with van der Waals surface area (Å²) in [7, 11) is 0. The van der Waals surface area contributed by atoms with E-state index in [1.54, 1.807) is 11.0 Å². The van der Waals surface area contributed by atoms with E-state index in [0.29, 0.717) is 18.7 Å². The van der Waals surface area contributed by atoms with E-state index >= 15 is 0 Å². The number of nitrogens with one attached hydrogen (secondary N) is 1. The largest absolute Gasteiger partial charge is 0.505 e. The molecule has 4 rings (SSSR count). The maximum Gasteiger partial charge on any atom is 0.274 e. The van der Waals surface area contributed by atoms with Crippen LogP contribution in [0.15, 0.2) is 30.5 Å². The number of rotatable bonds is 4. The molecule has 1 atom stereocenters. The first-order chi connectivity index (χ1) is 15.0. The molecule has 0 saturated carbocycles. The smallest absolute Gasteiger partial charge is 0.274 e. The second kappa shape index (κ2) is 8.74. The van der Waals surface area contributed by atoms with Gasteiger partial charge in [0.1, 0.15) is 5.75 Å². The zero-order chi connectivity index (χ0) is 22.0. The summed E-state index contributed by atoms with van der Waals surface area (Å²) in [6.07, 6.45) is 2.84. The molecular weight excluding hydrogens is 394 g/mol. The lowest BCUT2D eigenvalue weighted by atomic mass is 10.1. The Kier molecular flexibility index (Phi) is 5.87. The van der Waals surface area contributed by atoms with Crippen LogP contribution < -0.4 is 5.32 Å². The number of aryl methyl sites for hydroxylation is 1. The monoisotopic (exact) mass is 419 g/mol. The van der Waals surface area contributed by atoms with Gasteiger partial charge in [0, 0.05) is 32.4 Å². The second-order valence-electron chi connectivity index (χ2n) is 7.91. The number of amides is 2. The van der Waals surface area contributed by atoms with Crippen molar-refractivity contribution < 1.29 is 14.7 Å². The molecule has 2 N–H and O–H groups in total. The van der Waals surface area contributed by atoms with E-state index < -0.39 is 5.91 Å². The average molecular weight is 419 g/mol. The topological polar surface area (TPSA) is 110 Å². The quantitative estimate of drug-likeness (QED) is 0.783. The summed E-state index contributed by atoms with van der Waals surface area (Å²) in [6, 6.07) is 8.68. The van der Waals surface area contributed by atoms with Crippen molar-refractivity contribution in [3.63, 3.8) is 0 Å². The van der Waals surface area contributed by atoms with Gasteiger partial charge < -0.3 is 20.2 Å². The van der Waals surface area contributed by atoms with Crippen LogP contribution in [0.4, 0.5) is 0 Å². The normalized spacial score (nSPS) is 18.3. The van der Waals surface area contributed by atoms with Gasteiger partial charge in [0.2, 0.25) is 0 Å². The molecule has 8 nitrogen and oxygen atoms in total. The Morgan fingerprint density at radius 2 is 2.03 bits per heavy atom. The minimum absolute atomic E-state index is 0.102.